The Morgan fingerprint density at radius 2 is 2.03 bits per heavy atom. The minimum atomic E-state index is -1.57. The maximum absolute atomic E-state index is 13.5. The normalized spacial score (nSPS) is 23.6. The summed E-state index contributed by atoms with van der Waals surface area (Å²) in [4.78, 5) is 14.4. The predicted molar refractivity (Wildman–Crippen MR) is 109 cm³/mol. The highest BCUT2D eigenvalue weighted by Crippen LogP contribution is 2.38. The molecule has 2 fully saturated rings. The number of carbonyl (C=O) groups is 1. The van der Waals surface area contributed by atoms with E-state index in [9.17, 15) is 18.0 Å². The summed E-state index contributed by atoms with van der Waals surface area (Å²) in [5, 5.41) is 6.96. The van der Waals surface area contributed by atoms with E-state index in [2.05, 4.69) is 19.0 Å². The number of carbonyl (C=O) groups excluding carboxylic acids is 1. The first-order chi connectivity index (χ1) is 14.9. The molecule has 166 valence electrons. The van der Waals surface area contributed by atoms with Gasteiger partial charge in [0.15, 0.2) is 17.5 Å². The van der Waals surface area contributed by atoms with Crippen molar-refractivity contribution in [2.75, 3.05) is 35.9 Å². The summed E-state index contributed by atoms with van der Waals surface area (Å²) >= 11 is 1.64. The van der Waals surface area contributed by atoms with Gasteiger partial charge in [-0.05, 0) is 6.92 Å². The highest BCUT2D eigenvalue weighted by molar-refractivity contribution is 7.98. The van der Waals surface area contributed by atoms with Gasteiger partial charge >= 0.3 is 6.03 Å². The zero-order chi connectivity index (χ0) is 21.7. The monoisotopic (exact) mass is 454 g/mol. The molecule has 12 heteroatoms. The third-order valence-corrected chi connectivity index (χ3v) is 6.97. The number of amides is 2. The average molecular weight is 454 g/mol. The van der Waals surface area contributed by atoms with Crippen LogP contribution in [0.1, 0.15) is 12.6 Å². The Hall–Kier alpha value is -2.44. The number of aromatic nitrogens is 2. The number of hydrogen-bond acceptors (Lipinski definition) is 6. The lowest BCUT2D eigenvalue weighted by molar-refractivity contribution is 0.0461. The van der Waals surface area contributed by atoms with Gasteiger partial charge in [-0.1, -0.05) is 0 Å². The summed E-state index contributed by atoms with van der Waals surface area (Å²) < 4.78 is 52.1. The third kappa shape index (κ3) is 3.72. The van der Waals surface area contributed by atoms with E-state index in [1.165, 1.54) is 0 Å². The first-order valence-electron chi connectivity index (χ1n) is 9.97. The number of ether oxygens (including phenoxy) is 1. The quantitative estimate of drug-likeness (QED) is 0.556. The Morgan fingerprint density at radius 1 is 1.26 bits per heavy atom. The molecular formula is C19H21F3N6O2S. The molecule has 2 atom stereocenters. The summed E-state index contributed by atoms with van der Waals surface area (Å²) in [7, 11) is 0. The molecule has 3 aliphatic heterocycles. The second kappa shape index (κ2) is 7.92. The average Bonchev–Trinajstić information content (AvgIpc) is 3.34. The van der Waals surface area contributed by atoms with E-state index in [-0.39, 0.29) is 18.3 Å². The van der Waals surface area contributed by atoms with Crippen molar-refractivity contribution in [1.29, 1.82) is 0 Å². The Kier molecular flexibility index (Phi) is 5.22. The largest absolute Gasteiger partial charge is 0.378 e. The lowest BCUT2D eigenvalue weighted by atomic mass is 10.2. The van der Waals surface area contributed by atoms with Gasteiger partial charge in [-0.2, -0.15) is 5.10 Å². The van der Waals surface area contributed by atoms with E-state index in [0.29, 0.717) is 25.8 Å². The van der Waals surface area contributed by atoms with Crippen molar-refractivity contribution >= 4 is 29.5 Å². The Morgan fingerprint density at radius 3 is 2.77 bits per heavy atom. The van der Waals surface area contributed by atoms with E-state index in [0.717, 1.165) is 36.6 Å². The lowest BCUT2D eigenvalue weighted by Crippen LogP contribution is -2.47. The van der Waals surface area contributed by atoms with Crippen molar-refractivity contribution < 1.29 is 22.7 Å². The minimum Gasteiger partial charge on any atom is -0.378 e. The van der Waals surface area contributed by atoms with Gasteiger partial charge in [0, 0.05) is 43.0 Å². The minimum absolute atomic E-state index is 0.139. The second-order valence-electron chi connectivity index (χ2n) is 7.83. The van der Waals surface area contributed by atoms with Crippen LogP contribution in [-0.4, -0.2) is 63.4 Å². The van der Waals surface area contributed by atoms with Crippen LogP contribution in [0.5, 0.6) is 0 Å². The van der Waals surface area contributed by atoms with E-state index in [1.54, 1.807) is 23.2 Å². The zero-order valence-electron chi connectivity index (χ0n) is 16.7. The molecule has 0 radical (unpaired) electrons. The molecule has 1 unspecified atom stereocenters. The fraction of sp³-hybridized carbons (Fsp3) is 0.474. The van der Waals surface area contributed by atoms with Gasteiger partial charge in [0.2, 0.25) is 0 Å². The van der Waals surface area contributed by atoms with Crippen LogP contribution in [0.4, 0.5) is 29.3 Å². The Balaban J connectivity index is 1.34. The molecule has 31 heavy (non-hydrogen) atoms. The molecule has 4 heterocycles. The highest BCUT2D eigenvalue weighted by atomic mass is 32.2. The van der Waals surface area contributed by atoms with E-state index in [4.69, 9.17) is 4.74 Å². The maximum atomic E-state index is 13.5. The van der Waals surface area contributed by atoms with Crippen LogP contribution in [0, 0.1) is 17.5 Å². The lowest BCUT2D eigenvalue weighted by Gasteiger charge is -2.35. The number of rotatable bonds is 2. The van der Waals surface area contributed by atoms with Gasteiger partial charge in [-0.15, -0.1) is 0 Å². The smallest absolute Gasteiger partial charge is 0.322 e. The van der Waals surface area contributed by atoms with Crippen molar-refractivity contribution in [2.24, 2.45) is 0 Å². The first kappa shape index (κ1) is 20.5. The summed E-state index contributed by atoms with van der Waals surface area (Å²) in [6.45, 7) is 5.68. The molecule has 2 amide bonds. The van der Waals surface area contributed by atoms with E-state index >= 15 is 0 Å². The van der Waals surface area contributed by atoms with Crippen LogP contribution >= 0.6 is 12.1 Å². The van der Waals surface area contributed by atoms with Crippen LogP contribution in [0.15, 0.2) is 18.3 Å². The maximum Gasteiger partial charge on any atom is 0.322 e. The van der Waals surface area contributed by atoms with Gasteiger partial charge in [-0.25, -0.2) is 22.3 Å². The van der Waals surface area contributed by atoms with Crippen LogP contribution in [0.25, 0.3) is 0 Å². The molecule has 5 rings (SSSR count). The molecule has 1 aromatic carbocycles. The van der Waals surface area contributed by atoms with Crippen molar-refractivity contribution in [3.63, 3.8) is 0 Å². The zero-order valence-corrected chi connectivity index (χ0v) is 17.5. The Labute approximate surface area is 181 Å². The highest BCUT2D eigenvalue weighted by Gasteiger charge is 2.38. The first-order valence-corrected chi connectivity index (χ1v) is 10.7. The molecule has 0 aliphatic carbocycles. The molecule has 2 saturated heterocycles. The number of benzene rings is 1. The molecule has 2 aromatic rings. The predicted octanol–water partition coefficient (Wildman–Crippen LogP) is 2.82. The van der Waals surface area contributed by atoms with Crippen LogP contribution < -0.4 is 9.62 Å². The fourth-order valence-corrected chi connectivity index (χ4v) is 5.22. The van der Waals surface area contributed by atoms with Gasteiger partial charge in [-0.3, -0.25) is 8.99 Å². The number of nitrogens with one attached hydrogen (secondary N) is 1. The van der Waals surface area contributed by atoms with Crippen molar-refractivity contribution in [2.45, 2.75) is 32.1 Å². The topological polar surface area (TPSA) is 65.9 Å². The van der Waals surface area contributed by atoms with Crippen LogP contribution in [0.3, 0.4) is 0 Å². The molecule has 0 spiro atoms. The van der Waals surface area contributed by atoms with Gasteiger partial charge in [0.25, 0.3) is 0 Å². The van der Waals surface area contributed by atoms with E-state index in [1.807, 2.05) is 11.6 Å². The molecule has 3 aliphatic rings. The van der Waals surface area contributed by atoms with Crippen molar-refractivity contribution in [3.8, 4) is 0 Å². The van der Waals surface area contributed by atoms with E-state index < -0.39 is 23.5 Å². The number of anilines is 2. The number of fused-ring (bicyclic) bond motifs is 2. The van der Waals surface area contributed by atoms with Gasteiger partial charge < -0.3 is 15.0 Å². The molecule has 1 N–H and O–H groups in total. The number of morpholine rings is 1. The fourth-order valence-electron chi connectivity index (χ4n) is 4.07. The molecule has 0 saturated carbocycles. The van der Waals surface area contributed by atoms with Crippen molar-refractivity contribution in [1.82, 2.24) is 19.0 Å². The van der Waals surface area contributed by atoms with Gasteiger partial charge in [0.05, 0.1) is 56.0 Å². The standard InChI is InChI=1S/C19H21F3N6O2S/c1-11-7-26-17(16(6-23-26)28-8-13-10-30-3-2-27(13)31-28)9-25(11)19(29)24-12-4-14(20)18(22)15(21)5-12/h4-6,11,13H,2-3,7-10H2,1H3,(H,24,29)/t11-,13?/m0/s1. The summed E-state index contributed by atoms with van der Waals surface area (Å²) in [6, 6.07) is 1.12. The number of nitrogens with zero attached hydrogens (tertiary/aromatic N) is 5. The number of urea groups is 1. The second-order valence-corrected chi connectivity index (χ2v) is 8.90. The van der Waals surface area contributed by atoms with Crippen LogP contribution in [-0.2, 0) is 17.8 Å². The summed E-state index contributed by atoms with van der Waals surface area (Å²) in [5.41, 5.74) is 1.68. The number of halogens is 3. The van der Waals surface area contributed by atoms with Gasteiger partial charge in [0.1, 0.15) is 0 Å². The Bertz CT molecular complexity index is 984. The van der Waals surface area contributed by atoms with Crippen LogP contribution in [0.2, 0.25) is 0 Å². The molecule has 1 aromatic heterocycles. The molecule has 8 nitrogen and oxygen atoms in total. The molecule has 0 bridgehead atoms. The number of hydrogen-bond donors (Lipinski definition) is 1. The summed E-state index contributed by atoms with van der Waals surface area (Å²) in [5.74, 6) is -4.27. The SMILES string of the molecule is C[C@H]1Cn2ncc(N3CC4COCCN4S3)c2CN1C(=O)Nc1cc(F)c(F)c(F)c1. The third-order valence-electron chi connectivity index (χ3n) is 5.73. The summed E-state index contributed by atoms with van der Waals surface area (Å²) in [6.07, 6.45) is 1.81. The molecular weight excluding hydrogens is 433 g/mol. The van der Waals surface area contributed by atoms with Crippen molar-refractivity contribution in [3.05, 3.63) is 41.5 Å².